The van der Waals surface area contributed by atoms with Crippen LogP contribution in [0.3, 0.4) is 0 Å². The number of hydrogen-bond acceptors (Lipinski definition) is 4. The first-order chi connectivity index (χ1) is 11.8. The predicted octanol–water partition coefficient (Wildman–Crippen LogP) is 2.76. The molecule has 2 aromatic rings. The highest BCUT2D eigenvalue weighted by Crippen LogP contribution is 2.52. The number of anilines is 2. The van der Waals surface area contributed by atoms with Crippen LogP contribution in [-0.2, 0) is 26.7 Å². The van der Waals surface area contributed by atoms with E-state index in [0.717, 1.165) is 42.5 Å². The monoisotopic (exact) mass is 360 g/mol. The number of nitrogens with two attached hydrogens (primary N) is 1. The molecule has 1 spiro atoms. The molecule has 130 valence electrons. The van der Waals surface area contributed by atoms with Crippen LogP contribution in [0.5, 0.6) is 0 Å². The van der Waals surface area contributed by atoms with Crippen molar-refractivity contribution in [1.82, 2.24) is 0 Å². The third kappa shape index (κ3) is 2.41. The van der Waals surface area contributed by atoms with Crippen molar-refractivity contribution >= 4 is 27.2 Å². The summed E-state index contributed by atoms with van der Waals surface area (Å²) in [5.41, 5.74) is 8.00. The van der Waals surface area contributed by atoms with Crippen LogP contribution < -0.4 is 10.5 Å². The van der Waals surface area contributed by atoms with Crippen LogP contribution in [0.1, 0.15) is 30.4 Å². The van der Waals surface area contributed by atoms with Gasteiger partial charge in [-0.3, -0.25) is 9.52 Å². The minimum atomic E-state index is -3.86. The molecule has 5 nitrogen and oxygen atoms in total. The zero-order valence-corrected chi connectivity index (χ0v) is 14.2. The number of benzene rings is 2. The molecule has 0 radical (unpaired) electrons. The fourth-order valence-corrected chi connectivity index (χ4v) is 4.80. The van der Waals surface area contributed by atoms with Crippen molar-refractivity contribution < 1.29 is 17.6 Å². The molecule has 0 atom stereocenters. The third-order valence-corrected chi connectivity index (χ3v) is 6.65. The number of ketones is 1. The van der Waals surface area contributed by atoms with E-state index in [1.165, 1.54) is 18.2 Å². The van der Waals surface area contributed by atoms with Crippen molar-refractivity contribution in [3.05, 3.63) is 53.3 Å². The molecule has 0 unspecified atom stereocenters. The molecule has 3 N–H and O–H groups in total. The molecular weight excluding hydrogens is 343 g/mol. The Morgan fingerprint density at radius 2 is 1.80 bits per heavy atom. The molecule has 0 saturated heterocycles. The number of rotatable bonds is 3. The largest absolute Gasteiger partial charge is 0.398 e. The summed E-state index contributed by atoms with van der Waals surface area (Å²) in [5, 5.41) is 0. The Labute approximate surface area is 145 Å². The lowest BCUT2D eigenvalue weighted by molar-refractivity contribution is -0.125. The first kappa shape index (κ1) is 16.1. The Kier molecular flexibility index (Phi) is 3.40. The lowest BCUT2D eigenvalue weighted by Gasteiger charge is -2.37. The number of nitrogens with one attached hydrogen (secondary N) is 1. The van der Waals surface area contributed by atoms with Gasteiger partial charge in [-0.1, -0.05) is 6.42 Å². The van der Waals surface area contributed by atoms with Crippen molar-refractivity contribution in [3.8, 4) is 0 Å². The van der Waals surface area contributed by atoms with Crippen molar-refractivity contribution in [2.75, 3.05) is 10.5 Å². The summed E-state index contributed by atoms with van der Waals surface area (Å²) in [4.78, 5) is 12.4. The van der Waals surface area contributed by atoms with Gasteiger partial charge in [0.15, 0.2) is 0 Å². The van der Waals surface area contributed by atoms with Gasteiger partial charge in [0.2, 0.25) is 0 Å². The van der Waals surface area contributed by atoms with E-state index in [1.807, 2.05) is 0 Å². The zero-order valence-electron chi connectivity index (χ0n) is 13.4. The summed E-state index contributed by atoms with van der Waals surface area (Å²) < 4.78 is 40.5. The maximum Gasteiger partial charge on any atom is 0.261 e. The highest BCUT2D eigenvalue weighted by Gasteiger charge is 2.51. The molecule has 0 aliphatic heterocycles. The van der Waals surface area contributed by atoms with Crippen LogP contribution >= 0.6 is 0 Å². The van der Waals surface area contributed by atoms with E-state index >= 15 is 0 Å². The number of sulfonamides is 1. The van der Waals surface area contributed by atoms with Gasteiger partial charge in [-0.15, -0.1) is 0 Å². The van der Waals surface area contributed by atoms with E-state index in [9.17, 15) is 17.6 Å². The second-order valence-corrected chi connectivity index (χ2v) is 8.37. The van der Waals surface area contributed by atoms with Gasteiger partial charge < -0.3 is 5.73 Å². The predicted molar refractivity (Wildman–Crippen MR) is 92.3 cm³/mol. The zero-order chi connectivity index (χ0) is 17.8. The van der Waals surface area contributed by atoms with E-state index in [0.29, 0.717) is 17.8 Å². The molecular formula is C18H17FN2O3S. The fraction of sp³-hybridized carbons (Fsp3) is 0.278. The topological polar surface area (TPSA) is 89.3 Å². The van der Waals surface area contributed by atoms with Crippen LogP contribution in [-0.4, -0.2) is 14.2 Å². The first-order valence-corrected chi connectivity index (χ1v) is 9.55. The molecule has 25 heavy (non-hydrogen) atoms. The maximum atomic E-state index is 13.0. The average molecular weight is 360 g/mol. The molecule has 0 amide bonds. The van der Waals surface area contributed by atoms with Crippen molar-refractivity contribution in [3.63, 3.8) is 0 Å². The van der Waals surface area contributed by atoms with E-state index in [1.54, 1.807) is 6.07 Å². The molecule has 1 saturated carbocycles. The molecule has 7 heteroatoms. The van der Waals surface area contributed by atoms with Crippen LogP contribution in [0.15, 0.2) is 41.3 Å². The standard InChI is InChI=1S/C18H17FN2O3S/c19-11-2-4-13(5-3-11)25(23,24)21-12-8-15-14(16(20)9-12)10-17(22)18(15)6-1-7-18/h2-5,8-9,21H,1,6-7,10,20H2. The van der Waals surface area contributed by atoms with Crippen LogP contribution in [0.2, 0.25) is 0 Å². The second-order valence-electron chi connectivity index (χ2n) is 6.69. The summed E-state index contributed by atoms with van der Waals surface area (Å²) in [6, 6.07) is 7.83. The van der Waals surface area contributed by atoms with Gasteiger partial charge >= 0.3 is 0 Å². The Hall–Kier alpha value is -2.41. The lowest BCUT2D eigenvalue weighted by Crippen LogP contribution is -2.39. The maximum absolute atomic E-state index is 13.0. The van der Waals surface area contributed by atoms with Crippen LogP contribution in [0.25, 0.3) is 0 Å². The van der Waals surface area contributed by atoms with Gasteiger partial charge in [-0.25, -0.2) is 12.8 Å². The number of hydrogen-bond donors (Lipinski definition) is 2. The minimum absolute atomic E-state index is 0.0394. The number of fused-ring (bicyclic) bond motifs is 2. The van der Waals surface area contributed by atoms with E-state index < -0.39 is 21.3 Å². The Balaban J connectivity index is 1.72. The summed E-state index contributed by atoms with van der Waals surface area (Å²) in [6.07, 6.45) is 2.86. The van der Waals surface area contributed by atoms with E-state index in [-0.39, 0.29) is 10.7 Å². The normalized spacial score (nSPS) is 18.0. The second kappa shape index (κ2) is 5.29. The summed E-state index contributed by atoms with van der Waals surface area (Å²) >= 11 is 0. The highest BCUT2D eigenvalue weighted by atomic mass is 32.2. The molecule has 0 heterocycles. The summed E-state index contributed by atoms with van der Waals surface area (Å²) in [5.74, 6) is -0.342. The van der Waals surface area contributed by atoms with Crippen molar-refractivity contribution in [2.45, 2.75) is 36.0 Å². The summed E-state index contributed by atoms with van der Waals surface area (Å²) in [6.45, 7) is 0. The quantitative estimate of drug-likeness (QED) is 0.824. The SMILES string of the molecule is Nc1cc(NS(=O)(=O)c2ccc(F)cc2)cc2c1CC(=O)C21CCC1. The van der Waals surface area contributed by atoms with Gasteiger partial charge in [-0.05, 0) is 60.4 Å². The number of carbonyl (C=O) groups is 1. The van der Waals surface area contributed by atoms with Crippen molar-refractivity contribution in [2.24, 2.45) is 0 Å². The molecule has 2 aliphatic carbocycles. The molecule has 0 bridgehead atoms. The average Bonchev–Trinajstić information content (AvgIpc) is 2.80. The summed E-state index contributed by atoms with van der Waals surface area (Å²) in [7, 11) is -3.86. The highest BCUT2D eigenvalue weighted by molar-refractivity contribution is 7.92. The minimum Gasteiger partial charge on any atom is -0.398 e. The number of carbonyl (C=O) groups excluding carboxylic acids is 1. The molecule has 0 aromatic heterocycles. The van der Waals surface area contributed by atoms with E-state index in [4.69, 9.17) is 5.73 Å². The molecule has 2 aliphatic rings. The van der Waals surface area contributed by atoms with Gasteiger partial charge in [0, 0.05) is 12.1 Å². The Morgan fingerprint density at radius 1 is 1.12 bits per heavy atom. The lowest BCUT2D eigenvalue weighted by atomic mass is 9.64. The molecule has 1 fully saturated rings. The number of nitrogen functional groups attached to an aromatic ring is 1. The van der Waals surface area contributed by atoms with Gasteiger partial charge in [0.1, 0.15) is 11.6 Å². The Bertz CT molecular complexity index is 980. The first-order valence-electron chi connectivity index (χ1n) is 8.06. The number of Topliss-reactive ketones (excluding diaryl/α,β-unsaturated/α-hetero) is 1. The molecule has 4 rings (SSSR count). The Morgan fingerprint density at radius 3 is 2.40 bits per heavy atom. The van der Waals surface area contributed by atoms with Crippen LogP contribution in [0.4, 0.5) is 15.8 Å². The van der Waals surface area contributed by atoms with Gasteiger partial charge in [0.05, 0.1) is 16.0 Å². The fourth-order valence-electron chi connectivity index (χ4n) is 3.76. The van der Waals surface area contributed by atoms with Gasteiger partial charge in [0.25, 0.3) is 10.0 Å². The molecule has 2 aromatic carbocycles. The third-order valence-electron chi connectivity index (χ3n) is 5.25. The van der Waals surface area contributed by atoms with Crippen LogP contribution in [0, 0.1) is 5.82 Å². The van der Waals surface area contributed by atoms with Gasteiger partial charge in [-0.2, -0.15) is 0 Å². The smallest absolute Gasteiger partial charge is 0.261 e. The van der Waals surface area contributed by atoms with E-state index in [2.05, 4.69) is 4.72 Å². The number of halogens is 1. The van der Waals surface area contributed by atoms with Crippen molar-refractivity contribution in [1.29, 1.82) is 0 Å².